The van der Waals surface area contributed by atoms with Crippen molar-refractivity contribution >= 4 is 27.8 Å². The SMILES string of the molecule is CCOC(=O)C1CCCN(C(=O)c2ccc(F)c(Br)c2)C1. The van der Waals surface area contributed by atoms with Crippen LogP contribution in [0.3, 0.4) is 0 Å². The molecular formula is C15H17BrFNO3. The van der Waals surface area contributed by atoms with Crippen LogP contribution in [0.5, 0.6) is 0 Å². The first-order chi connectivity index (χ1) is 10.0. The molecule has 1 aliphatic heterocycles. The molecule has 1 amide bonds. The van der Waals surface area contributed by atoms with Gasteiger partial charge < -0.3 is 9.64 Å². The fourth-order valence-corrected chi connectivity index (χ4v) is 2.80. The zero-order valence-electron chi connectivity index (χ0n) is 11.8. The number of piperidine rings is 1. The number of nitrogens with zero attached hydrogens (tertiary/aromatic N) is 1. The monoisotopic (exact) mass is 357 g/mol. The van der Waals surface area contributed by atoms with Crippen molar-refractivity contribution in [2.24, 2.45) is 5.92 Å². The van der Waals surface area contributed by atoms with Gasteiger partial charge in [-0.25, -0.2) is 4.39 Å². The van der Waals surface area contributed by atoms with E-state index in [1.165, 1.54) is 18.2 Å². The number of benzene rings is 1. The standard InChI is InChI=1S/C15H17BrFNO3/c1-2-21-15(20)11-4-3-7-18(9-11)14(19)10-5-6-13(17)12(16)8-10/h5-6,8,11H,2-4,7,9H2,1H3. The molecule has 1 aromatic rings. The molecule has 1 fully saturated rings. The first-order valence-electron chi connectivity index (χ1n) is 6.94. The summed E-state index contributed by atoms with van der Waals surface area (Å²) in [5, 5.41) is 0. The van der Waals surface area contributed by atoms with Crippen LogP contribution in [0.2, 0.25) is 0 Å². The second-order valence-electron chi connectivity index (χ2n) is 4.97. The van der Waals surface area contributed by atoms with E-state index in [-0.39, 0.29) is 22.3 Å². The van der Waals surface area contributed by atoms with E-state index in [9.17, 15) is 14.0 Å². The lowest BCUT2D eigenvalue weighted by molar-refractivity contribution is -0.149. The van der Waals surface area contributed by atoms with Crippen LogP contribution in [-0.4, -0.2) is 36.5 Å². The van der Waals surface area contributed by atoms with Crippen molar-refractivity contribution in [2.75, 3.05) is 19.7 Å². The van der Waals surface area contributed by atoms with E-state index >= 15 is 0 Å². The van der Waals surface area contributed by atoms with E-state index in [1.54, 1.807) is 11.8 Å². The summed E-state index contributed by atoms with van der Waals surface area (Å²) >= 11 is 3.07. The predicted octanol–water partition coefficient (Wildman–Crippen LogP) is 3.00. The summed E-state index contributed by atoms with van der Waals surface area (Å²) in [6.45, 7) is 3.06. The molecule has 6 heteroatoms. The van der Waals surface area contributed by atoms with E-state index in [0.29, 0.717) is 25.3 Å². The number of hydrogen-bond donors (Lipinski definition) is 0. The molecule has 1 atom stereocenters. The fraction of sp³-hybridized carbons (Fsp3) is 0.467. The number of likely N-dealkylation sites (tertiary alicyclic amines) is 1. The molecule has 1 unspecified atom stereocenters. The summed E-state index contributed by atoms with van der Waals surface area (Å²) < 4.78 is 18.5. The molecule has 0 spiro atoms. The van der Waals surface area contributed by atoms with Gasteiger partial charge >= 0.3 is 5.97 Å². The molecule has 0 bridgehead atoms. The van der Waals surface area contributed by atoms with Gasteiger partial charge in [0.15, 0.2) is 0 Å². The maximum Gasteiger partial charge on any atom is 0.310 e. The molecule has 1 saturated heterocycles. The molecule has 4 nitrogen and oxygen atoms in total. The molecule has 21 heavy (non-hydrogen) atoms. The van der Waals surface area contributed by atoms with Gasteiger partial charge in [0.1, 0.15) is 5.82 Å². The lowest BCUT2D eigenvalue weighted by atomic mass is 9.97. The Bertz CT molecular complexity index is 550. The Balaban J connectivity index is 2.08. The summed E-state index contributed by atoms with van der Waals surface area (Å²) in [5.41, 5.74) is 0.410. The van der Waals surface area contributed by atoms with Gasteiger partial charge in [0.2, 0.25) is 0 Å². The summed E-state index contributed by atoms with van der Waals surface area (Å²) in [6, 6.07) is 4.17. The normalized spacial score (nSPS) is 18.4. The molecular weight excluding hydrogens is 341 g/mol. The number of hydrogen-bond acceptors (Lipinski definition) is 3. The maximum absolute atomic E-state index is 13.2. The minimum absolute atomic E-state index is 0.190. The van der Waals surface area contributed by atoms with E-state index in [4.69, 9.17) is 4.74 Å². The van der Waals surface area contributed by atoms with Crippen LogP contribution >= 0.6 is 15.9 Å². The van der Waals surface area contributed by atoms with Crippen molar-refractivity contribution in [1.29, 1.82) is 0 Å². The molecule has 0 aliphatic carbocycles. The van der Waals surface area contributed by atoms with Crippen molar-refractivity contribution in [1.82, 2.24) is 4.90 Å². The number of rotatable bonds is 3. The van der Waals surface area contributed by atoms with Gasteiger partial charge in [-0.15, -0.1) is 0 Å². The van der Waals surface area contributed by atoms with Crippen molar-refractivity contribution in [3.05, 3.63) is 34.1 Å². The number of carbonyl (C=O) groups excluding carboxylic acids is 2. The van der Waals surface area contributed by atoms with Crippen LogP contribution in [0.25, 0.3) is 0 Å². The molecule has 1 aromatic carbocycles. The third kappa shape index (κ3) is 3.81. The van der Waals surface area contributed by atoms with Crippen LogP contribution in [0.15, 0.2) is 22.7 Å². The van der Waals surface area contributed by atoms with E-state index < -0.39 is 5.82 Å². The van der Waals surface area contributed by atoms with Crippen molar-refractivity contribution in [2.45, 2.75) is 19.8 Å². The highest BCUT2D eigenvalue weighted by Gasteiger charge is 2.29. The van der Waals surface area contributed by atoms with Crippen LogP contribution in [0.4, 0.5) is 4.39 Å². The molecule has 114 valence electrons. The number of ether oxygens (including phenoxy) is 1. The lowest BCUT2D eigenvalue weighted by Gasteiger charge is -2.31. The highest BCUT2D eigenvalue weighted by atomic mass is 79.9. The summed E-state index contributed by atoms with van der Waals surface area (Å²) in [6.07, 6.45) is 1.49. The third-order valence-electron chi connectivity index (χ3n) is 3.50. The van der Waals surface area contributed by atoms with Gasteiger partial charge in [-0.05, 0) is 53.9 Å². The Morgan fingerprint density at radius 3 is 2.90 bits per heavy atom. The minimum atomic E-state index is -0.408. The molecule has 2 rings (SSSR count). The van der Waals surface area contributed by atoms with Gasteiger partial charge in [0, 0.05) is 18.7 Å². The van der Waals surface area contributed by atoms with Crippen LogP contribution < -0.4 is 0 Å². The van der Waals surface area contributed by atoms with Crippen molar-refractivity contribution < 1.29 is 18.7 Å². The average Bonchev–Trinajstić information content (AvgIpc) is 2.49. The Morgan fingerprint density at radius 1 is 1.48 bits per heavy atom. The van der Waals surface area contributed by atoms with Gasteiger partial charge in [-0.1, -0.05) is 0 Å². The summed E-state index contributed by atoms with van der Waals surface area (Å²) in [5.74, 6) is -1.12. The molecule has 0 aromatic heterocycles. The topological polar surface area (TPSA) is 46.6 Å². The van der Waals surface area contributed by atoms with E-state index in [0.717, 1.165) is 12.8 Å². The molecule has 1 aliphatic rings. The quantitative estimate of drug-likeness (QED) is 0.781. The minimum Gasteiger partial charge on any atom is -0.466 e. The van der Waals surface area contributed by atoms with Crippen LogP contribution in [0, 0.1) is 11.7 Å². The van der Waals surface area contributed by atoms with Gasteiger partial charge in [-0.2, -0.15) is 0 Å². The zero-order valence-corrected chi connectivity index (χ0v) is 13.4. The Morgan fingerprint density at radius 2 is 2.24 bits per heavy atom. The molecule has 0 radical (unpaired) electrons. The highest BCUT2D eigenvalue weighted by molar-refractivity contribution is 9.10. The van der Waals surface area contributed by atoms with Crippen LogP contribution in [0.1, 0.15) is 30.1 Å². The zero-order chi connectivity index (χ0) is 15.4. The third-order valence-corrected chi connectivity index (χ3v) is 4.10. The van der Waals surface area contributed by atoms with Crippen molar-refractivity contribution in [3.63, 3.8) is 0 Å². The van der Waals surface area contributed by atoms with E-state index in [2.05, 4.69) is 15.9 Å². The molecule has 0 saturated carbocycles. The number of esters is 1. The molecule has 0 N–H and O–H groups in total. The first kappa shape index (κ1) is 15.9. The smallest absolute Gasteiger partial charge is 0.310 e. The second-order valence-corrected chi connectivity index (χ2v) is 5.83. The largest absolute Gasteiger partial charge is 0.466 e. The van der Waals surface area contributed by atoms with Crippen molar-refractivity contribution in [3.8, 4) is 0 Å². The number of amides is 1. The van der Waals surface area contributed by atoms with Gasteiger partial charge in [0.25, 0.3) is 5.91 Å². The lowest BCUT2D eigenvalue weighted by Crippen LogP contribution is -2.42. The van der Waals surface area contributed by atoms with Crippen LogP contribution in [-0.2, 0) is 9.53 Å². The van der Waals surface area contributed by atoms with Gasteiger partial charge in [0.05, 0.1) is 17.0 Å². The molecule has 1 heterocycles. The first-order valence-corrected chi connectivity index (χ1v) is 7.73. The Labute approximate surface area is 131 Å². The summed E-state index contributed by atoms with van der Waals surface area (Å²) in [7, 11) is 0. The Kier molecular flexibility index (Phi) is 5.33. The summed E-state index contributed by atoms with van der Waals surface area (Å²) in [4.78, 5) is 25.8. The Hall–Kier alpha value is -1.43. The number of carbonyl (C=O) groups is 2. The number of halogens is 2. The highest BCUT2D eigenvalue weighted by Crippen LogP contribution is 2.22. The maximum atomic E-state index is 13.2. The van der Waals surface area contributed by atoms with Gasteiger partial charge in [-0.3, -0.25) is 9.59 Å². The average molecular weight is 358 g/mol. The predicted molar refractivity (Wildman–Crippen MR) is 79.4 cm³/mol. The fourth-order valence-electron chi connectivity index (χ4n) is 2.43. The van der Waals surface area contributed by atoms with E-state index in [1.807, 2.05) is 0 Å². The second kappa shape index (κ2) is 7.02.